The molecule has 26 heavy (non-hydrogen) atoms. The minimum Gasteiger partial charge on any atom is -0.504 e. The van der Waals surface area contributed by atoms with Crippen molar-refractivity contribution in [2.24, 2.45) is 0 Å². The molecule has 0 aliphatic carbocycles. The maximum absolute atomic E-state index is 12.3. The highest BCUT2D eigenvalue weighted by Gasteiger charge is 2.44. The van der Waals surface area contributed by atoms with E-state index in [0.29, 0.717) is 35.6 Å². The minimum absolute atomic E-state index is 0.139. The maximum Gasteiger partial charge on any atom is 0.328 e. The predicted molar refractivity (Wildman–Crippen MR) is 94.0 cm³/mol. The number of fused-ring (bicyclic) bond motifs is 1. The largest absolute Gasteiger partial charge is 0.504 e. The van der Waals surface area contributed by atoms with Crippen molar-refractivity contribution in [2.75, 3.05) is 20.8 Å². The molecule has 1 heterocycles. The molecule has 0 amide bonds. The summed E-state index contributed by atoms with van der Waals surface area (Å²) in [6.45, 7) is 0.441. The molecule has 0 saturated carbocycles. The summed E-state index contributed by atoms with van der Waals surface area (Å²) >= 11 is 0. The lowest BCUT2D eigenvalue weighted by atomic mass is 9.78. The highest BCUT2D eigenvalue weighted by Crippen LogP contribution is 2.39. The van der Waals surface area contributed by atoms with Crippen LogP contribution in [0.25, 0.3) is 0 Å². The Kier molecular flexibility index (Phi) is 4.65. The predicted octanol–water partition coefficient (Wildman–Crippen LogP) is 1.78. The number of aromatic hydroxyl groups is 2. The van der Waals surface area contributed by atoms with Crippen molar-refractivity contribution in [1.29, 1.82) is 0 Å². The van der Waals surface area contributed by atoms with Gasteiger partial charge in [-0.25, -0.2) is 4.79 Å². The second-order valence-corrected chi connectivity index (χ2v) is 6.25. The van der Waals surface area contributed by atoms with Gasteiger partial charge in [-0.2, -0.15) is 0 Å². The standard InChI is InChI=1S/C19H21NO6/c1-25-16-4-3-11(7-17(16)26-2)10-19(18(23)24)13-9-15(22)14(21)8-12(13)5-6-20-19/h3-4,7-9,20-22H,5-6,10H2,1-2H3,(H,23,24). The smallest absolute Gasteiger partial charge is 0.328 e. The monoisotopic (exact) mass is 359 g/mol. The van der Waals surface area contributed by atoms with Crippen LogP contribution in [-0.4, -0.2) is 42.1 Å². The molecule has 1 aliphatic heterocycles. The summed E-state index contributed by atoms with van der Waals surface area (Å²) < 4.78 is 10.5. The van der Waals surface area contributed by atoms with Crippen LogP contribution < -0.4 is 14.8 Å². The molecule has 0 saturated heterocycles. The van der Waals surface area contributed by atoms with Gasteiger partial charge >= 0.3 is 5.97 Å². The molecule has 7 heteroatoms. The Balaban J connectivity index is 2.09. The number of nitrogens with one attached hydrogen (secondary N) is 1. The molecule has 0 aromatic heterocycles. The SMILES string of the molecule is COc1ccc(CC2(C(=O)O)NCCc3cc(O)c(O)cc32)cc1OC. The van der Waals surface area contributed by atoms with Crippen molar-refractivity contribution in [1.82, 2.24) is 5.32 Å². The van der Waals surface area contributed by atoms with Gasteiger partial charge in [0.05, 0.1) is 14.2 Å². The Hall–Kier alpha value is -2.93. The van der Waals surface area contributed by atoms with Crippen molar-refractivity contribution in [3.63, 3.8) is 0 Å². The molecule has 7 nitrogen and oxygen atoms in total. The lowest BCUT2D eigenvalue weighted by Gasteiger charge is -2.37. The number of ether oxygens (including phenoxy) is 2. The molecule has 2 aromatic rings. The van der Waals surface area contributed by atoms with Crippen LogP contribution in [0, 0.1) is 0 Å². The van der Waals surface area contributed by atoms with Crippen molar-refractivity contribution < 1.29 is 29.6 Å². The fraction of sp³-hybridized carbons (Fsp3) is 0.316. The Morgan fingerprint density at radius 2 is 1.81 bits per heavy atom. The molecule has 4 N–H and O–H groups in total. The maximum atomic E-state index is 12.3. The summed E-state index contributed by atoms with van der Waals surface area (Å²) in [5.41, 5.74) is 0.458. The van der Waals surface area contributed by atoms with Gasteiger partial charge in [0.2, 0.25) is 0 Å². The number of phenolic OH excluding ortho intramolecular Hbond substituents is 2. The van der Waals surface area contributed by atoms with Crippen LogP contribution in [0.15, 0.2) is 30.3 Å². The molecular formula is C19H21NO6. The Morgan fingerprint density at radius 1 is 1.12 bits per heavy atom. The molecule has 3 rings (SSSR count). The van der Waals surface area contributed by atoms with Crippen molar-refractivity contribution in [2.45, 2.75) is 18.4 Å². The van der Waals surface area contributed by atoms with Crippen LogP contribution in [-0.2, 0) is 23.2 Å². The van der Waals surface area contributed by atoms with Gasteiger partial charge in [-0.05, 0) is 47.4 Å². The number of carboxylic acids is 1. The van der Waals surface area contributed by atoms with E-state index in [1.165, 1.54) is 26.4 Å². The second-order valence-electron chi connectivity index (χ2n) is 6.25. The third-order valence-electron chi connectivity index (χ3n) is 4.76. The highest BCUT2D eigenvalue weighted by molar-refractivity contribution is 5.83. The molecular weight excluding hydrogens is 338 g/mol. The van der Waals surface area contributed by atoms with E-state index in [1.807, 2.05) is 0 Å². The van der Waals surface area contributed by atoms with Gasteiger partial charge in [-0.3, -0.25) is 5.32 Å². The first-order valence-electron chi connectivity index (χ1n) is 8.16. The molecule has 0 spiro atoms. The van der Waals surface area contributed by atoms with Gasteiger partial charge in [-0.15, -0.1) is 0 Å². The molecule has 0 bridgehead atoms. The van der Waals surface area contributed by atoms with Crippen LogP contribution in [0.4, 0.5) is 0 Å². The Labute approximate surface area is 150 Å². The third-order valence-corrected chi connectivity index (χ3v) is 4.76. The van der Waals surface area contributed by atoms with Gasteiger partial charge in [0, 0.05) is 13.0 Å². The number of rotatable bonds is 5. The first-order valence-corrected chi connectivity index (χ1v) is 8.16. The number of phenols is 2. The number of carbonyl (C=O) groups is 1. The van der Waals surface area contributed by atoms with Gasteiger partial charge in [0.15, 0.2) is 23.0 Å². The van der Waals surface area contributed by atoms with E-state index in [9.17, 15) is 20.1 Å². The van der Waals surface area contributed by atoms with E-state index in [4.69, 9.17) is 9.47 Å². The summed E-state index contributed by atoms with van der Waals surface area (Å²) in [7, 11) is 3.05. The first kappa shape index (κ1) is 17.9. The first-order chi connectivity index (χ1) is 12.4. The van der Waals surface area contributed by atoms with E-state index in [0.717, 1.165) is 5.56 Å². The number of benzene rings is 2. The minimum atomic E-state index is -1.42. The molecule has 1 unspecified atom stereocenters. The number of carboxylic acid groups (broad SMARTS) is 1. The topological polar surface area (TPSA) is 108 Å². The van der Waals surface area contributed by atoms with Crippen molar-refractivity contribution >= 4 is 5.97 Å². The average Bonchev–Trinajstić information content (AvgIpc) is 2.63. The molecule has 0 radical (unpaired) electrons. The zero-order valence-electron chi connectivity index (χ0n) is 14.6. The molecule has 2 aromatic carbocycles. The third kappa shape index (κ3) is 2.90. The number of aliphatic carboxylic acids is 1. The molecule has 0 fully saturated rings. The van der Waals surface area contributed by atoms with Crippen molar-refractivity contribution in [3.8, 4) is 23.0 Å². The second kappa shape index (κ2) is 6.76. The Morgan fingerprint density at radius 3 is 2.46 bits per heavy atom. The summed E-state index contributed by atoms with van der Waals surface area (Å²) in [5.74, 6) is -0.588. The summed E-state index contributed by atoms with van der Waals surface area (Å²) in [6, 6.07) is 7.99. The van der Waals surface area contributed by atoms with Crippen LogP contribution in [0.3, 0.4) is 0 Å². The zero-order chi connectivity index (χ0) is 18.9. The van der Waals surface area contributed by atoms with Crippen LogP contribution in [0.1, 0.15) is 16.7 Å². The molecule has 1 aliphatic rings. The van der Waals surface area contributed by atoms with Gasteiger partial charge in [0.1, 0.15) is 5.54 Å². The number of hydrogen-bond acceptors (Lipinski definition) is 6. The molecule has 138 valence electrons. The lowest BCUT2D eigenvalue weighted by Crippen LogP contribution is -2.54. The highest BCUT2D eigenvalue weighted by atomic mass is 16.5. The van der Waals surface area contributed by atoms with E-state index < -0.39 is 11.5 Å². The van der Waals surface area contributed by atoms with Crippen LogP contribution in [0.5, 0.6) is 23.0 Å². The number of methoxy groups -OCH3 is 2. The van der Waals surface area contributed by atoms with E-state index >= 15 is 0 Å². The van der Waals surface area contributed by atoms with Gasteiger partial charge in [0.25, 0.3) is 0 Å². The number of hydrogen-bond donors (Lipinski definition) is 4. The zero-order valence-corrected chi connectivity index (χ0v) is 14.6. The summed E-state index contributed by atoms with van der Waals surface area (Å²) in [6.07, 6.45) is 0.698. The van der Waals surface area contributed by atoms with Crippen LogP contribution >= 0.6 is 0 Å². The lowest BCUT2D eigenvalue weighted by molar-refractivity contribution is -0.145. The van der Waals surface area contributed by atoms with Crippen LogP contribution in [0.2, 0.25) is 0 Å². The molecule has 1 atom stereocenters. The summed E-state index contributed by atoms with van der Waals surface area (Å²) in [5, 5.41) is 32.8. The fourth-order valence-electron chi connectivity index (χ4n) is 3.45. The fourth-order valence-corrected chi connectivity index (χ4v) is 3.45. The normalized spacial score (nSPS) is 18.8. The van der Waals surface area contributed by atoms with Gasteiger partial charge < -0.3 is 24.8 Å². The van der Waals surface area contributed by atoms with Crippen molar-refractivity contribution in [3.05, 3.63) is 47.0 Å². The Bertz CT molecular complexity index is 850. The van der Waals surface area contributed by atoms with Gasteiger partial charge in [-0.1, -0.05) is 6.07 Å². The summed E-state index contributed by atoms with van der Waals surface area (Å²) in [4.78, 5) is 12.3. The van der Waals surface area contributed by atoms with E-state index in [2.05, 4.69) is 5.32 Å². The van der Waals surface area contributed by atoms with E-state index in [-0.39, 0.29) is 17.9 Å². The quantitative estimate of drug-likeness (QED) is 0.603. The average molecular weight is 359 g/mol. The van der Waals surface area contributed by atoms with E-state index in [1.54, 1.807) is 18.2 Å².